The summed E-state index contributed by atoms with van der Waals surface area (Å²) in [6.07, 6.45) is 17.4. The maximum Gasteiger partial charge on any atom is 0.498 e. The second-order valence-electron chi connectivity index (χ2n) is 25.1. The Balaban J connectivity index is 0.000000177. The molecule has 13 rings (SSSR count). The van der Waals surface area contributed by atoms with Gasteiger partial charge in [0.25, 0.3) is 20.0 Å². The summed E-state index contributed by atoms with van der Waals surface area (Å²) >= 11 is 6.24. The molecule has 4 aromatic carbocycles. The lowest BCUT2D eigenvalue weighted by atomic mass is 9.82. The third kappa shape index (κ3) is 19.8. The minimum atomic E-state index is -4.10. The van der Waals surface area contributed by atoms with Crippen molar-refractivity contribution in [3.63, 3.8) is 0 Å². The fourth-order valence-corrected chi connectivity index (χ4v) is 13.2. The molecule has 2 atom stereocenters. The van der Waals surface area contributed by atoms with E-state index in [9.17, 15) is 26.4 Å². The molecule has 0 aliphatic carbocycles. The fourth-order valence-electron chi connectivity index (χ4n) is 10.4. The molecule has 0 radical (unpaired) electrons. The number of aliphatic hydroxyl groups is 3. The molecule has 9 heterocycles. The molecule has 5 aromatic heterocycles. The number of rotatable bonds is 20. The smallest absolute Gasteiger partial charge is 0.448 e. The van der Waals surface area contributed by atoms with Crippen LogP contribution in [0.3, 0.4) is 0 Å². The van der Waals surface area contributed by atoms with E-state index in [4.69, 9.17) is 42.8 Å². The monoisotopic (exact) mass is 1550 g/mol. The molecular weight excluding hydrogens is 1470 g/mol. The van der Waals surface area contributed by atoms with Crippen LogP contribution in [0.1, 0.15) is 123 Å². The van der Waals surface area contributed by atoms with Crippen LogP contribution in [0.2, 0.25) is 0 Å². The molecule has 4 aliphatic rings. The number of aromatic amines is 1. The Hall–Kier alpha value is -8.08. The number of aromatic nitrogens is 8. The number of aliphatic hydroxyl groups excluding tert-OH is 3. The van der Waals surface area contributed by atoms with Gasteiger partial charge in [-0.15, -0.1) is 8.80 Å². The summed E-state index contributed by atoms with van der Waals surface area (Å²) in [6.45, 7) is 17.3. The third-order valence-electron chi connectivity index (χ3n) is 17.1. The molecule has 33 heteroatoms. The van der Waals surface area contributed by atoms with Crippen LogP contribution in [0, 0.1) is 0 Å². The van der Waals surface area contributed by atoms with E-state index in [1.54, 1.807) is 77.0 Å². The highest BCUT2D eigenvalue weighted by Gasteiger charge is 2.53. The van der Waals surface area contributed by atoms with Gasteiger partial charge < -0.3 is 53.4 Å². The molecule has 536 valence electrons. The number of sulfonamides is 2. The number of halogens is 2. The Morgan fingerprint density at radius 3 is 1.46 bits per heavy atom. The number of alkyl halides is 1. The van der Waals surface area contributed by atoms with E-state index in [2.05, 4.69) is 81.7 Å². The van der Waals surface area contributed by atoms with Gasteiger partial charge in [0, 0.05) is 70.1 Å². The Labute approximate surface area is 604 Å². The first kappa shape index (κ1) is 78.6. The van der Waals surface area contributed by atoms with Crippen molar-refractivity contribution in [2.75, 3.05) is 35.8 Å². The van der Waals surface area contributed by atoms with Gasteiger partial charge in [-0.1, -0.05) is 106 Å². The molecule has 2 unspecified atom stereocenters. The van der Waals surface area contributed by atoms with E-state index in [1.165, 1.54) is 24.7 Å². The normalized spacial score (nSPS) is 17.2. The lowest BCUT2D eigenvalue weighted by molar-refractivity contribution is -0.113. The van der Waals surface area contributed by atoms with E-state index in [0.29, 0.717) is 64.3 Å². The number of Topliss-reactive ketones (excluding diaryl/α,β-unsaturated/α-hetero) is 2. The SMILES string of the molecule is C.CC1(C)OB(c2cn[nH]c2)OC1(C)C.CC1(C)OB(c2cnn(CCO)c2)OC1(C)C.O=C(CCC(c1ccccc1)c1ncco1)C1=NS(=O)(=O)c2cc(-c3cnn(CCO)c3)ccc2N1.O=C(CCC(c1ccccc1)c1ncco1)C1=NS(=O)(=O)c2cc(Br)ccc2N1.OCCBr. The number of oxazole rings is 2. The van der Waals surface area contributed by atoms with Crippen molar-refractivity contribution in [2.24, 2.45) is 8.80 Å². The third-order valence-corrected chi connectivity index (χ3v) is 20.6. The largest absolute Gasteiger partial charge is 0.498 e. The van der Waals surface area contributed by atoms with Crippen molar-refractivity contribution >= 4 is 112 Å². The van der Waals surface area contributed by atoms with E-state index < -0.39 is 31.6 Å². The van der Waals surface area contributed by atoms with Crippen LogP contribution in [0.4, 0.5) is 11.4 Å². The standard InChI is InChI=1S/C25H23N5O5S.C20H16BrN3O4S.C11H19BN2O3.C9H15BN2O2.C2H5BrO.CH4/c31-12-11-30-16-19(15-27-30)18-6-8-21-23(14-18)36(33,34)29-24(28-21)22(32)9-7-20(25-26-10-13-35-25)17-4-2-1-3-5-17;21-14-6-8-16-18(12-14)29(26,27)24-19(23-16)17(25)9-7-15(20-22-10-11-28-20)13-4-2-1-3-5-13;1-10(2)11(3,4)17-12(16-10)9-7-13-14(8-9)5-6-15;1-8(2)9(3,4)14-10(13-8)7-5-11-12-6-7;3-1-2-4;/h1-6,8,10,13-16,20,31H,7,9,11-12H2,(H,28,29);1-6,8,10-12,15H,7,9H2,(H,23,24);7-8,15H,5-6H2,1-4H3;5-6H,1-4H3,(H,11,12);4H,1-2H2;1H4. The number of hydrogen-bond acceptors (Lipinski definition) is 22. The molecule has 27 nitrogen and oxygen atoms in total. The number of hydrogen-bond donors (Lipinski definition) is 6. The maximum atomic E-state index is 13.0. The van der Waals surface area contributed by atoms with Crippen LogP contribution in [0.5, 0.6) is 0 Å². The molecule has 4 aliphatic heterocycles. The maximum absolute atomic E-state index is 13.0. The number of carbonyl (C=O) groups excluding carboxylic acids is 2. The highest BCUT2D eigenvalue weighted by atomic mass is 79.9. The zero-order chi connectivity index (χ0) is 72.0. The van der Waals surface area contributed by atoms with Crippen molar-refractivity contribution in [3.8, 4) is 11.1 Å². The number of benzene rings is 4. The minimum Gasteiger partial charge on any atom is -0.448 e. The Morgan fingerprint density at radius 2 is 1.02 bits per heavy atom. The van der Waals surface area contributed by atoms with Crippen LogP contribution in [-0.4, -0.2) is 157 Å². The average Bonchev–Trinajstić information content (AvgIpc) is 1.70. The van der Waals surface area contributed by atoms with Gasteiger partial charge in [-0.2, -0.15) is 32.1 Å². The zero-order valence-electron chi connectivity index (χ0n) is 56.2. The van der Waals surface area contributed by atoms with Crippen molar-refractivity contribution in [3.05, 3.63) is 187 Å². The number of H-pyrrole nitrogens is 1. The fraction of sp³-hybridized carbons (Fsp3) is 0.368. The van der Waals surface area contributed by atoms with Gasteiger partial charge in [-0.25, -0.2) is 9.97 Å². The predicted octanol–water partition coefficient (Wildman–Crippen LogP) is 9.25. The number of nitrogens with one attached hydrogen (secondary N) is 3. The summed E-state index contributed by atoms with van der Waals surface area (Å²) < 4.78 is 96.6. The second kappa shape index (κ2) is 34.3. The van der Waals surface area contributed by atoms with E-state index in [1.807, 2.05) is 122 Å². The molecule has 0 amide bonds. The lowest BCUT2D eigenvalue weighted by Gasteiger charge is -2.32. The zero-order valence-corrected chi connectivity index (χ0v) is 61.0. The van der Waals surface area contributed by atoms with Gasteiger partial charge >= 0.3 is 14.2 Å². The number of amidine groups is 2. The van der Waals surface area contributed by atoms with Crippen molar-refractivity contribution in [1.29, 1.82) is 0 Å². The predicted molar refractivity (Wildman–Crippen MR) is 390 cm³/mol. The van der Waals surface area contributed by atoms with Crippen LogP contribution in [-0.2, 0) is 61.3 Å². The Bertz CT molecular complexity index is 4450. The topological polar surface area (TPSA) is 365 Å². The molecule has 6 N–H and O–H groups in total. The Kier molecular flexibility index (Phi) is 26.7. The van der Waals surface area contributed by atoms with Crippen molar-refractivity contribution in [1.82, 2.24) is 39.7 Å². The Morgan fingerprint density at radius 1 is 0.574 bits per heavy atom. The van der Waals surface area contributed by atoms with Gasteiger partial charge in [-0.3, -0.25) is 24.1 Å². The van der Waals surface area contributed by atoms with Crippen LogP contribution in [0.25, 0.3) is 11.1 Å². The number of anilines is 2. The van der Waals surface area contributed by atoms with Gasteiger partial charge in [-0.05, 0) is 115 Å². The molecule has 9 aromatic rings. The molecule has 101 heavy (non-hydrogen) atoms. The quantitative estimate of drug-likeness (QED) is 0.0305. The van der Waals surface area contributed by atoms with Crippen LogP contribution in [0.15, 0.2) is 191 Å². The minimum absolute atomic E-state index is 0. The average molecular weight is 1550 g/mol. The first-order valence-corrected chi connectivity index (χ1v) is 36.6. The lowest BCUT2D eigenvalue weighted by Crippen LogP contribution is -2.41. The van der Waals surface area contributed by atoms with Crippen molar-refractivity contribution < 1.29 is 69.2 Å². The molecular formula is C68H82B2Br2N12O15S2. The van der Waals surface area contributed by atoms with Gasteiger partial charge in [0.1, 0.15) is 22.3 Å². The summed E-state index contributed by atoms with van der Waals surface area (Å²) in [5.74, 6) is -0.706. The number of fused-ring (bicyclic) bond motifs is 2. The molecule has 0 bridgehead atoms. The number of ketones is 2. The summed E-state index contributed by atoms with van der Waals surface area (Å²) in [5.41, 5.74) is 4.43. The summed E-state index contributed by atoms with van der Waals surface area (Å²) in [5, 5.41) is 47.1. The van der Waals surface area contributed by atoms with Crippen LogP contribution < -0.4 is 21.6 Å². The number of nitrogens with zero attached hydrogens (tertiary/aromatic N) is 9. The van der Waals surface area contributed by atoms with E-state index in [-0.39, 0.29) is 116 Å². The number of carbonyl (C=O) groups is 2. The second-order valence-corrected chi connectivity index (χ2v) is 30.0. The van der Waals surface area contributed by atoms with Crippen LogP contribution >= 0.6 is 31.9 Å². The molecule has 0 saturated carbocycles. The van der Waals surface area contributed by atoms with E-state index in [0.717, 1.165) is 22.1 Å². The summed E-state index contributed by atoms with van der Waals surface area (Å²) in [7, 11) is -8.74. The van der Waals surface area contributed by atoms with Crippen molar-refractivity contribution in [2.45, 2.75) is 146 Å². The first-order valence-electron chi connectivity index (χ1n) is 31.8. The molecule has 2 saturated heterocycles. The van der Waals surface area contributed by atoms with Gasteiger partial charge in [0.05, 0.1) is 97.1 Å². The summed E-state index contributed by atoms with van der Waals surface area (Å²) in [6, 6.07) is 28.7. The van der Waals surface area contributed by atoms with Gasteiger partial charge in [0.2, 0.25) is 11.8 Å². The van der Waals surface area contributed by atoms with E-state index >= 15 is 0 Å². The highest BCUT2D eigenvalue weighted by molar-refractivity contribution is 9.10. The molecule has 0 spiro atoms. The summed E-state index contributed by atoms with van der Waals surface area (Å²) in [4.78, 5) is 34.2. The molecule has 2 fully saturated rings. The van der Waals surface area contributed by atoms with Gasteiger partial charge in [0.15, 0.2) is 23.2 Å². The first-order chi connectivity index (χ1) is 47.6. The highest BCUT2D eigenvalue weighted by Crippen LogP contribution is 2.39.